The van der Waals surface area contributed by atoms with Gasteiger partial charge in [0.25, 0.3) is 0 Å². The summed E-state index contributed by atoms with van der Waals surface area (Å²) in [5.74, 6) is 0.966. The van der Waals surface area contributed by atoms with Crippen molar-refractivity contribution < 1.29 is 14.1 Å². The predicted octanol–water partition coefficient (Wildman–Crippen LogP) is 2.53. The Hall–Kier alpha value is -2.05. The second-order valence-electron chi connectivity index (χ2n) is 7.04. The quantitative estimate of drug-likeness (QED) is 0.856. The number of nitrogens with one attached hydrogen (secondary N) is 2. The van der Waals surface area contributed by atoms with Crippen LogP contribution >= 0.6 is 0 Å². The van der Waals surface area contributed by atoms with Crippen molar-refractivity contribution in [2.75, 3.05) is 6.54 Å². The maximum atomic E-state index is 12.6. The van der Waals surface area contributed by atoms with Gasteiger partial charge in [0, 0.05) is 18.0 Å². The van der Waals surface area contributed by atoms with Gasteiger partial charge in [-0.2, -0.15) is 0 Å². The van der Waals surface area contributed by atoms with Crippen LogP contribution in [0.25, 0.3) is 0 Å². The summed E-state index contributed by atoms with van der Waals surface area (Å²) in [5.41, 5.74) is 0.943. The molecule has 3 amide bonds. The zero-order chi connectivity index (χ0) is 17.8. The highest BCUT2D eigenvalue weighted by Gasteiger charge is 2.38. The van der Waals surface area contributed by atoms with Crippen LogP contribution in [0.2, 0.25) is 0 Å². The van der Waals surface area contributed by atoms with Crippen LogP contribution in [0.15, 0.2) is 10.6 Å². The number of aromatic nitrogens is 1. The molecule has 2 heterocycles. The molecule has 0 bridgehead atoms. The topological polar surface area (TPSA) is 87.5 Å². The second-order valence-corrected chi connectivity index (χ2v) is 7.04. The lowest BCUT2D eigenvalue weighted by Crippen LogP contribution is -2.64. The van der Waals surface area contributed by atoms with Crippen molar-refractivity contribution in [2.45, 2.75) is 76.9 Å². The molecule has 0 aromatic carbocycles. The van der Waals surface area contributed by atoms with Gasteiger partial charge in [-0.15, -0.1) is 0 Å². The van der Waals surface area contributed by atoms with Crippen LogP contribution in [0.3, 0.4) is 0 Å². The fourth-order valence-electron chi connectivity index (χ4n) is 3.98. The molecule has 2 atom stereocenters. The molecule has 1 saturated carbocycles. The zero-order valence-corrected chi connectivity index (χ0v) is 15.1. The Kier molecular flexibility index (Phi) is 5.60. The van der Waals surface area contributed by atoms with Gasteiger partial charge in [-0.05, 0) is 25.7 Å². The molecule has 138 valence electrons. The highest BCUT2D eigenvalue weighted by molar-refractivity contribution is 5.86. The molecule has 1 aliphatic heterocycles. The molecule has 1 saturated heterocycles. The van der Waals surface area contributed by atoms with Crippen LogP contribution in [0, 0.1) is 0 Å². The SMILES string of the molecule is CCC(CC)c1cc(CNC(=O)N2CC(=O)N[C@@H]3CCCC[C@H]32)on1. The number of hydrogen-bond donors (Lipinski definition) is 2. The monoisotopic (exact) mass is 348 g/mol. The predicted molar refractivity (Wildman–Crippen MR) is 93.0 cm³/mol. The summed E-state index contributed by atoms with van der Waals surface area (Å²) < 4.78 is 5.35. The van der Waals surface area contributed by atoms with Crippen LogP contribution in [-0.2, 0) is 11.3 Å². The average Bonchev–Trinajstić information content (AvgIpc) is 3.08. The van der Waals surface area contributed by atoms with Gasteiger partial charge >= 0.3 is 6.03 Å². The molecule has 7 nitrogen and oxygen atoms in total. The van der Waals surface area contributed by atoms with Crippen LogP contribution < -0.4 is 10.6 Å². The lowest BCUT2D eigenvalue weighted by Gasteiger charge is -2.43. The summed E-state index contributed by atoms with van der Waals surface area (Å²) in [6, 6.07) is 1.91. The van der Waals surface area contributed by atoms with Gasteiger partial charge in [-0.25, -0.2) is 4.79 Å². The fourth-order valence-corrected chi connectivity index (χ4v) is 3.98. The largest absolute Gasteiger partial charge is 0.359 e. The molecular formula is C18H28N4O3. The lowest BCUT2D eigenvalue weighted by molar-refractivity contribution is -0.126. The summed E-state index contributed by atoms with van der Waals surface area (Å²) in [6.45, 7) is 4.68. The molecule has 1 aliphatic carbocycles. The number of piperazine rings is 1. The Balaban J connectivity index is 1.59. The summed E-state index contributed by atoms with van der Waals surface area (Å²) in [5, 5.41) is 10.0. The summed E-state index contributed by atoms with van der Waals surface area (Å²) >= 11 is 0. The van der Waals surface area contributed by atoms with E-state index in [2.05, 4.69) is 29.6 Å². The lowest BCUT2D eigenvalue weighted by atomic mass is 9.87. The summed E-state index contributed by atoms with van der Waals surface area (Å²) in [6.07, 6.45) is 6.12. The Morgan fingerprint density at radius 3 is 2.92 bits per heavy atom. The van der Waals surface area contributed by atoms with Gasteiger partial charge in [0.15, 0.2) is 5.76 Å². The maximum Gasteiger partial charge on any atom is 0.318 e. The molecule has 2 aliphatic rings. The Morgan fingerprint density at radius 2 is 2.16 bits per heavy atom. The van der Waals surface area contributed by atoms with Crippen molar-refractivity contribution in [3.8, 4) is 0 Å². The average molecular weight is 348 g/mol. The minimum atomic E-state index is -0.202. The smallest absolute Gasteiger partial charge is 0.318 e. The number of rotatable bonds is 5. The molecule has 3 rings (SSSR count). The van der Waals surface area contributed by atoms with Gasteiger partial charge in [-0.3, -0.25) is 4.79 Å². The van der Waals surface area contributed by atoms with Crippen LogP contribution in [0.1, 0.15) is 69.7 Å². The number of carbonyl (C=O) groups is 2. The molecular weight excluding hydrogens is 320 g/mol. The maximum absolute atomic E-state index is 12.6. The fraction of sp³-hybridized carbons (Fsp3) is 0.722. The zero-order valence-electron chi connectivity index (χ0n) is 15.1. The highest BCUT2D eigenvalue weighted by atomic mass is 16.5. The Labute approximate surface area is 148 Å². The second kappa shape index (κ2) is 7.89. The van der Waals surface area contributed by atoms with E-state index in [-0.39, 0.29) is 30.6 Å². The van der Waals surface area contributed by atoms with E-state index in [1.165, 1.54) is 0 Å². The van der Waals surface area contributed by atoms with Crippen LogP contribution in [0.5, 0.6) is 0 Å². The van der Waals surface area contributed by atoms with Crippen molar-refractivity contribution in [2.24, 2.45) is 0 Å². The minimum absolute atomic E-state index is 0.0750. The molecule has 2 fully saturated rings. The van der Waals surface area contributed by atoms with Crippen molar-refractivity contribution in [3.63, 3.8) is 0 Å². The molecule has 25 heavy (non-hydrogen) atoms. The number of hydrogen-bond acceptors (Lipinski definition) is 4. The number of nitrogens with zero attached hydrogens (tertiary/aromatic N) is 2. The van der Waals surface area contributed by atoms with Crippen molar-refractivity contribution in [1.29, 1.82) is 0 Å². The first-order valence-electron chi connectivity index (χ1n) is 9.41. The summed E-state index contributed by atoms with van der Waals surface area (Å²) in [4.78, 5) is 26.2. The van der Waals surface area contributed by atoms with E-state index in [9.17, 15) is 9.59 Å². The van der Waals surface area contributed by atoms with Gasteiger partial charge in [0.05, 0.1) is 18.3 Å². The van der Waals surface area contributed by atoms with E-state index < -0.39 is 0 Å². The minimum Gasteiger partial charge on any atom is -0.359 e. The third-order valence-electron chi connectivity index (χ3n) is 5.45. The molecule has 1 aromatic rings. The number of fused-ring (bicyclic) bond motifs is 1. The normalized spacial score (nSPS) is 23.3. The van der Waals surface area contributed by atoms with Crippen LogP contribution in [-0.4, -0.2) is 40.6 Å². The molecule has 0 spiro atoms. The molecule has 7 heteroatoms. The Morgan fingerprint density at radius 1 is 1.40 bits per heavy atom. The number of carbonyl (C=O) groups excluding carboxylic acids is 2. The molecule has 0 unspecified atom stereocenters. The van der Waals surface area contributed by atoms with E-state index in [1.54, 1.807) is 4.90 Å². The Bertz CT molecular complexity index is 611. The number of urea groups is 1. The van der Waals surface area contributed by atoms with Gasteiger partial charge in [0.1, 0.15) is 6.54 Å². The van der Waals surface area contributed by atoms with E-state index in [4.69, 9.17) is 4.52 Å². The van der Waals surface area contributed by atoms with E-state index in [0.29, 0.717) is 18.2 Å². The van der Waals surface area contributed by atoms with Gasteiger partial charge in [-0.1, -0.05) is 31.8 Å². The van der Waals surface area contributed by atoms with Crippen molar-refractivity contribution in [3.05, 3.63) is 17.5 Å². The molecule has 2 N–H and O–H groups in total. The van der Waals surface area contributed by atoms with Gasteiger partial charge in [0.2, 0.25) is 5.91 Å². The third-order valence-corrected chi connectivity index (χ3v) is 5.45. The van der Waals surface area contributed by atoms with Crippen molar-refractivity contribution in [1.82, 2.24) is 20.7 Å². The van der Waals surface area contributed by atoms with Crippen LogP contribution in [0.4, 0.5) is 4.79 Å². The highest BCUT2D eigenvalue weighted by Crippen LogP contribution is 2.26. The first-order chi connectivity index (χ1) is 12.1. The third kappa shape index (κ3) is 3.96. The van der Waals surface area contributed by atoms with E-state index in [1.807, 2.05) is 6.07 Å². The standard InChI is InChI=1S/C18H28N4O3/c1-3-12(4-2)15-9-13(25-21-15)10-19-18(24)22-11-17(23)20-14-7-5-6-8-16(14)22/h9,12,14,16H,3-8,10-11H2,1-2H3,(H,19,24)(H,20,23)/t14-,16-/m1/s1. The van der Waals surface area contributed by atoms with E-state index >= 15 is 0 Å². The van der Waals surface area contributed by atoms with E-state index in [0.717, 1.165) is 44.2 Å². The molecule has 0 radical (unpaired) electrons. The summed E-state index contributed by atoms with van der Waals surface area (Å²) in [7, 11) is 0. The molecule has 1 aromatic heterocycles. The van der Waals surface area contributed by atoms with Gasteiger partial charge < -0.3 is 20.1 Å². The van der Waals surface area contributed by atoms with Crippen molar-refractivity contribution >= 4 is 11.9 Å². The first-order valence-corrected chi connectivity index (χ1v) is 9.41. The number of amides is 3. The first kappa shape index (κ1) is 17.8.